The van der Waals surface area contributed by atoms with Crippen LogP contribution in [0.4, 0.5) is 18.9 Å². The van der Waals surface area contributed by atoms with Crippen LogP contribution in [0.25, 0.3) is 0 Å². The summed E-state index contributed by atoms with van der Waals surface area (Å²) < 4.78 is 36.1. The number of hydrogen-bond acceptors (Lipinski definition) is 1. The molecule has 0 fully saturated rings. The van der Waals surface area contributed by atoms with E-state index in [4.69, 9.17) is 11.6 Å². The molecule has 0 bridgehead atoms. The predicted octanol–water partition coefficient (Wildman–Crippen LogP) is 4.08. The minimum absolute atomic E-state index is 0.343. The number of anilines is 1. The standard InChI is InChI=1S/C8H6BrClF3N/c9-6-2-1-5(3-7(6)10)14-4-8(11,12)13/h1-3,14H,4H2. The number of nitrogens with one attached hydrogen (secondary N) is 1. The molecule has 0 aromatic heterocycles. The average molecular weight is 288 g/mol. The molecule has 0 radical (unpaired) electrons. The number of rotatable bonds is 2. The first-order valence-corrected chi connectivity index (χ1v) is 4.81. The smallest absolute Gasteiger partial charge is 0.376 e. The van der Waals surface area contributed by atoms with Crippen molar-refractivity contribution in [3.05, 3.63) is 27.7 Å². The quantitative estimate of drug-likeness (QED) is 0.865. The third-order valence-electron chi connectivity index (χ3n) is 1.41. The van der Waals surface area contributed by atoms with Gasteiger partial charge in [-0.15, -0.1) is 0 Å². The highest BCUT2D eigenvalue weighted by Gasteiger charge is 2.26. The summed E-state index contributed by atoms with van der Waals surface area (Å²) in [6, 6.07) is 4.53. The summed E-state index contributed by atoms with van der Waals surface area (Å²) in [4.78, 5) is 0. The maximum absolute atomic E-state index is 11.8. The van der Waals surface area contributed by atoms with Gasteiger partial charge < -0.3 is 5.32 Å². The third kappa shape index (κ3) is 3.75. The second-order valence-electron chi connectivity index (χ2n) is 2.60. The molecule has 14 heavy (non-hydrogen) atoms. The molecule has 0 unspecified atom stereocenters. The second-order valence-corrected chi connectivity index (χ2v) is 3.86. The van der Waals surface area contributed by atoms with Crippen LogP contribution in [0.2, 0.25) is 5.02 Å². The highest BCUT2D eigenvalue weighted by molar-refractivity contribution is 9.10. The van der Waals surface area contributed by atoms with Crippen molar-refractivity contribution in [1.82, 2.24) is 0 Å². The molecule has 0 heterocycles. The number of benzene rings is 1. The lowest BCUT2D eigenvalue weighted by atomic mass is 10.3. The van der Waals surface area contributed by atoms with E-state index in [1.807, 2.05) is 0 Å². The lowest BCUT2D eigenvalue weighted by Crippen LogP contribution is -2.21. The minimum Gasteiger partial charge on any atom is -0.376 e. The highest BCUT2D eigenvalue weighted by Crippen LogP contribution is 2.26. The van der Waals surface area contributed by atoms with E-state index in [1.165, 1.54) is 12.1 Å². The summed E-state index contributed by atoms with van der Waals surface area (Å²) in [6.07, 6.45) is -4.22. The van der Waals surface area contributed by atoms with Crippen LogP contribution < -0.4 is 5.32 Å². The Balaban J connectivity index is 2.65. The molecule has 0 saturated carbocycles. The van der Waals surface area contributed by atoms with Gasteiger partial charge in [0.1, 0.15) is 6.54 Å². The van der Waals surface area contributed by atoms with Crippen LogP contribution in [-0.4, -0.2) is 12.7 Å². The van der Waals surface area contributed by atoms with Crippen LogP contribution in [0.5, 0.6) is 0 Å². The fourth-order valence-electron chi connectivity index (χ4n) is 0.808. The van der Waals surface area contributed by atoms with Crippen LogP contribution in [0, 0.1) is 0 Å². The first-order valence-electron chi connectivity index (χ1n) is 3.64. The zero-order chi connectivity index (χ0) is 10.8. The van der Waals surface area contributed by atoms with E-state index >= 15 is 0 Å². The Hall–Kier alpha value is -0.420. The fourth-order valence-corrected chi connectivity index (χ4v) is 1.24. The Bertz CT molecular complexity index is 327. The molecule has 1 N–H and O–H groups in total. The van der Waals surface area contributed by atoms with Crippen LogP contribution >= 0.6 is 27.5 Å². The Morgan fingerprint density at radius 2 is 2.00 bits per heavy atom. The Morgan fingerprint density at radius 3 is 2.50 bits per heavy atom. The molecule has 1 nitrogen and oxygen atoms in total. The van der Waals surface area contributed by atoms with Gasteiger partial charge in [-0.3, -0.25) is 0 Å². The molecular weight excluding hydrogens is 282 g/mol. The van der Waals surface area contributed by atoms with E-state index in [0.717, 1.165) is 0 Å². The molecule has 1 aromatic carbocycles. The van der Waals surface area contributed by atoms with E-state index in [0.29, 0.717) is 15.2 Å². The first-order chi connectivity index (χ1) is 6.38. The Labute approximate surface area is 92.4 Å². The third-order valence-corrected chi connectivity index (χ3v) is 2.65. The maximum atomic E-state index is 11.8. The van der Waals surface area contributed by atoms with E-state index in [-0.39, 0.29) is 0 Å². The molecule has 0 saturated heterocycles. The summed E-state index contributed by atoms with van der Waals surface area (Å²) in [7, 11) is 0. The van der Waals surface area contributed by atoms with Crippen molar-refractivity contribution in [3.63, 3.8) is 0 Å². The molecule has 6 heteroatoms. The van der Waals surface area contributed by atoms with Gasteiger partial charge >= 0.3 is 6.18 Å². The van der Waals surface area contributed by atoms with Crippen molar-refractivity contribution >= 4 is 33.2 Å². The molecule has 0 aliphatic carbocycles. The summed E-state index contributed by atoms with van der Waals surface area (Å²) in [5.41, 5.74) is 0.343. The molecule has 78 valence electrons. The normalized spacial score (nSPS) is 11.5. The fraction of sp³-hybridized carbons (Fsp3) is 0.250. The van der Waals surface area contributed by atoms with Crippen molar-refractivity contribution in [3.8, 4) is 0 Å². The largest absolute Gasteiger partial charge is 0.405 e. The van der Waals surface area contributed by atoms with Crippen LogP contribution in [0.1, 0.15) is 0 Å². The van der Waals surface area contributed by atoms with Crippen molar-refractivity contribution in [2.45, 2.75) is 6.18 Å². The monoisotopic (exact) mass is 287 g/mol. The second kappa shape index (κ2) is 4.40. The van der Waals surface area contributed by atoms with Crippen molar-refractivity contribution in [2.75, 3.05) is 11.9 Å². The van der Waals surface area contributed by atoms with Gasteiger partial charge in [0.25, 0.3) is 0 Å². The van der Waals surface area contributed by atoms with Crippen molar-refractivity contribution < 1.29 is 13.2 Å². The Morgan fingerprint density at radius 1 is 1.36 bits per heavy atom. The summed E-state index contributed by atoms with van der Waals surface area (Å²) in [5.74, 6) is 0. The molecule has 0 atom stereocenters. The topological polar surface area (TPSA) is 12.0 Å². The average Bonchev–Trinajstić information content (AvgIpc) is 2.06. The van der Waals surface area contributed by atoms with Gasteiger partial charge in [-0.2, -0.15) is 13.2 Å². The molecule has 1 aromatic rings. The van der Waals surface area contributed by atoms with Crippen LogP contribution in [0.15, 0.2) is 22.7 Å². The zero-order valence-corrected chi connectivity index (χ0v) is 9.17. The molecule has 0 aliphatic rings. The van der Waals surface area contributed by atoms with Gasteiger partial charge in [0, 0.05) is 10.2 Å². The minimum atomic E-state index is -4.22. The molecule has 0 spiro atoms. The molecule has 1 rings (SSSR count). The predicted molar refractivity (Wildman–Crippen MR) is 53.7 cm³/mol. The number of halogens is 5. The van der Waals surface area contributed by atoms with E-state index < -0.39 is 12.7 Å². The van der Waals surface area contributed by atoms with Crippen molar-refractivity contribution in [2.24, 2.45) is 0 Å². The van der Waals surface area contributed by atoms with Crippen LogP contribution in [0.3, 0.4) is 0 Å². The lowest BCUT2D eigenvalue weighted by Gasteiger charge is -2.09. The van der Waals surface area contributed by atoms with Gasteiger partial charge in [-0.1, -0.05) is 11.6 Å². The molecule has 0 aliphatic heterocycles. The summed E-state index contributed by atoms with van der Waals surface area (Å²) in [5, 5.41) is 2.59. The SMILES string of the molecule is FC(F)(F)CNc1ccc(Br)c(Cl)c1. The van der Waals surface area contributed by atoms with Crippen molar-refractivity contribution in [1.29, 1.82) is 0 Å². The zero-order valence-electron chi connectivity index (χ0n) is 6.83. The van der Waals surface area contributed by atoms with E-state index in [9.17, 15) is 13.2 Å². The van der Waals surface area contributed by atoms with Gasteiger partial charge in [0.15, 0.2) is 0 Å². The summed E-state index contributed by atoms with van der Waals surface area (Å²) in [6.45, 7) is -1.06. The Kier molecular flexibility index (Phi) is 3.66. The molecular formula is C8H6BrClF3N. The van der Waals surface area contributed by atoms with E-state index in [2.05, 4.69) is 21.2 Å². The van der Waals surface area contributed by atoms with Crippen LogP contribution in [-0.2, 0) is 0 Å². The number of hydrogen-bond donors (Lipinski definition) is 1. The summed E-state index contributed by atoms with van der Waals surface area (Å²) >= 11 is 8.83. The highest BCUT2D eigenvalue weighted by atomic mass is 79.9. The van der Waals surface area contributed by atoms with Gasteiger partial charge in [-0.25, -0.2) is 0 Å². The van der Waals surface area contributed by atoms with Gasteiger partial charge in [-0.05, 0) is 34.1 Å². The van der Waals surface area contributed by atoms with Gasteiger partial charge in [0.05, 0.1) is 5.02 Å². The van der Waals surface area contributed by atoms with E-state index in [1.54, 1.807) is 6.07 Å². The maximum Gasteiger partial charge on any atom is 0.405 e. The van der Waals surface area contributed by atoms with Gasteiger partial charge in [0.2, 0.25) is 0 Å². The first kappa shape index (κ1) is 11.7. The molecule has 0 amide bonds. The lowest BCUT2D eigenvalue weighted by molar-refractivity contribution is -0.115. The number of alkyl halides is 3.